The van der Waals surface area contributed by atoms with Crippen molar-refractivity contribution in [3.8, 4) is 0 Å². The summed E-state index contributed by atoms with van der Waals surface area (Å²) < 4.78 is 37.1. The topological polar surface area (TPSA) is 54.0 Å². The lowest BCUT2D eigenvalue weighted by Crippen LogP contribution is -2.29. The van der Waals surface area contributed by atoms with Crippen molar-refractivity contribution >= 4 is 11.6 Å². The van der Waals surface area contributed by atoms with E-state index in [0.717, 1.165) is 12.1 Å². The van der Waals surface area contributed by atoms with Gasteiger partial charge in [0.05, 0.1) is 16.8 Å². The summed E-state index contributed by atoms with van der Waals surface area (Å²) in [6, 6.07) is 7.49. The van der Waals surface area contributed by atoms with Crippen LogP contribution in [0.5, 0.6) is 0 Å². The van der Waals surface area contributed by atoms with E-state index in [9.17, 15) is 18.0 Å². The number of carbonyl (C=O) groups is 1. The second-order valence-electron chi connectivity index (χ2n) is 3.90. The molecule has 1 aromatic heterocycles. The van der Waals surface area contributed by atoms with Gasteiger partial charge in [-0.15, -0.1) is 0 Å². The molecule has 7 heteroatoms. The molecule has 0 unspecified atom stereocenters. The van der Waals surface area contributed by atoms with E-state index >= 15 is 0 Å². The predicted molar refractivity (Wildman–Crippen MR) is 66.8 cm³/mol. The number of rotatable bonds is 3. The molecule has 4 nitrogen and oxygen atoms in total. The smallest absolute Gasteiger partial charge is 0.298 e. The minimum atomic E-state index is -4.38. The number of pyridine rings is 1. The van der Waals surface area contributed by atoms with Gasteiger partial charge in [-0.25, -0.2) is 0 Å². The van der Waals surface area contributed by atoms with Crippen LogP contribution in [0.25, 0.3) is 0 Å². The molecule has 20 heavy (non-hydrogen) atoms. The number of amides is 1. The highest BCUT2D eigenvalue weighted by Gasteiger charge is 2.29. The van der Waals surface area contributed by atoms with Crippen molar-refractivity contribution in [3.63, 3.8) is 0 Å². The maximum atomic E-state index is 12.4. The zero-order valence-corrected chi connectivity index (χ0v) is 10.1. The zero-order valence-electron chi connectivity index (χ0n) is 10.1. The van der Waals surface area contributed by atoms with E-state index in [4.69, 9.17) is 0 Å². The average Bonchev–Trinajstić information content (AvgIpc) is 2.45. The fourth-order valence-corrected chi connectivity index (χ4v) is 1.44. The van der Waals surface area contributed by atoms with Crippen LogP contribution >= 0.6 is 0 Å². The quantitative estimate of drug-likeness (QED) is 0.851. The SMILES string of the molecule is O=C(NNc1ccc(C(F)(F)F)cc1)c1cccnc1. The molecule has 0 atom stereocenters. The first-order valence-corrected chi connectivity index (χ1v) is 5.60. The number of anilines is 1. The van der Waals surface area contributed by atoms with Crippen molar-refractivity contribution in [2.75, 3.05) is 5.43 Å². The van der Waals surface area contributed by atoms with E-state index in [1.807, 2.05) is 0 Å². The second-order valence-corrected chi connectivity index (χ2v) is 3.90. The summed E-state index contributed by atoms with van der Waals surface area (Å²) in [6.07, 6.45) is -1.47. The third kappa shape index (κ3) is 3.47. The normalized spacial score (nSPS) is 10.9. The number of alkyl halides is 3. The molecule has 0 aliphatic carbocycles. The number of aromatic nitrogens is 1. The largest absolute Gasteiger partial charge is 0.416 e. The first-order chi connectivity index (χ1) is 9.47. The first kappa shape index (κ1) is 13.9. The number of hydrogen-bond donors (Lipinski definition) is 2. The van der Waals surface area contributed by atoms with E-state index < -0.39 is 17.6 Å². The Morgan fingerprint density at radius 3 is 2.35 bits per heavy atom. The number of nitrogens with zero attached hydrogens (tertiary/aromatic N) is 1. The molecule has 2 aromatic rings. The van der Waals surface area contributed by atoms with Crippen molar-refractivity contribution in [2.24, 2.45) is 0 Å². The van der Waals surface area contributed by atoms with Crippen LogP contribution < -0.4 is 10.9 Å². The number of hydrazine groups is 1. The zero-order chi connectivity index (χ0) is 14.6. The van der Waals surface area contributed by atoms with Gasteiger partial charge in [-0.05, 0) is 36.4 Å². The molecule has 0 radical (unpaired) electrons. The van der Waals surface area contributed by atoms with Gasteiger partial charge in [0, 0.05) is 12.4 Å². The molecule has 0 saturated carbocycles. The summed E-state index contributed by atoms with van der Waals surface area (Å²) in [5, 5.41) is 0. The summed E-state index contributed by atoms with van der Waals surface area (Å²) >= 11 is 0. The molecule has 2 rings (SSSR count). The van der Waals surface area contributed by atoms with Crippen LogP contribution in [0.3, 0.4) is 0 Å². The van der Waals surface area contributed by atoms with Crippen LogP contribution in [0.1, 0.15) is 15.9 Å². The third-order valence-electron chi connectivity index (χ3n) is 2.46. The van der Waals surface area contributed by atoms with E-state index in [2.05, 4.69) is 15.8 Å². The van der Waals surface area contributed by atoms with Gasteiger partial charge in [0.1, 0.15) is 0 Å². The van der Waals surface area contributed by atoms with Gasteiger partial charge >= 0.3 is 6.18 Å². The fourth-order valence-electron chi connectivity index (χ4n) is 1.44. The van der Waals surface area contributed by atoms with Crippen molar-refractivity contribution < 1.29 is 18.0 Å². The van der Waals surface area contributed by atoms with E-state index in [-0.39, 0.29) is 0 Å². The number of halogens is 3. The Balaban J connectivity index is 1.96. The fraction of sp³-hybridized carbons (Fsp3) is 0.0769. The second kappa shape index (κ2) is 5.60. The highest BCUT2D eigenvalue weighted by atomic mass is 19.4. The molecule has 0 aliphatic rings. The van der Waals surface area contributed by atoms with E-state index in [0.29, 0.717) is 11.3 Å². The Labute approximate surface area is 112 Å². The molecule has 2 N–H and O–H groups in total. The lowest BCUT2D eigenvalue weighted by molar-refractivity contribution is -0.137. The molecule has 0 spiro atoms. The Hall–Kier alpha value is -2.57. The molecule has 0 fully saturated rings. The lowest BCUT2D eigenvalue weighted by atomic mass is 10.2. The number of carbonyl (C=O) groups excluding carboxylic acids is 1. The van der Waals surface area contributed by atoms with Gasteiger partial charge in [-0.3, -0.25) is 20.6 Å². The van der Waals surface area contributed by atoms with Gasteiger partial charge in [0.2, 0.25) is 0 Å². The van der Waals surface area contributed by atoms with E-state index in [1.165, 1.54) is 24.5 Å². The van der Waals surface area contributed by atoms with Gasteiger partial charge in [0.15, 0.2) is 0 Å². The summed E-state index contributed by atoms with van der Waals surface area (Å²) in [5.41, 5.74) is 4.82. The molecule has 0 bridgehead atoms. The number of benzene rings is 1. The van der Waals surface area contributed by atoms with Crippen LogP contribution in [0.2, 0.25) is 0 Å². The van der Waals surface area contributed by atoms with Crippen LogP contribution in [0.15, 0.2) is 48.8 Å². The summed E-state index contributed by atoms with van der Waals surface area (Å²) in [6.45, 7) is 0. The number of nitrogens with one attached hydrogen (secondary N) is 2. The molecule has 0 aliphatic heterocycles. The minimum Gasteiger partial charge on any atom is -0.298 e. The predicted octanol–water partition coefficient (Wildman–Crippen LogP) is 2.86. The average molecular weight is 281 g/mol. The Morgan fingerprint density at radius 1 is 1.10 bits per heavy atom. The summed E-state index contributed by atoms with van der Waals surface area (Å²) in [4.78, 5) is 15.4. The Morgan fingerprint density at radius 2 is 1.80 bits per heavy atom. The molecule has 1 amide bonds. The van der Waals surface area contributed by atoms with Crippen molar-refractivity contribution in [1.29, 1.82) is 0 Å². The monoisotopic (exact) mass is 281 g/mol. The van der Waals surface area contributed by atoms with Crippen LogP contribution in [-0.2, 0) is 6.18 Å². The van der Waals surface area contributed by atoms with Gasteiger partial charge in [-0.1, -0.05) is 0 Å². The summed E-state index contributed by atoms with van der Waals surface area (Å²) in [7, 11) is 0. The molecular formula is C13H10F3N3O. The third-order valence-corrected chi connectivity index (χ3v) is 2.46. The van der Waals surface area contributed by atoms with Crippen molar-refractivity contribution in [2.45, 2.75) is 6.18 Å². The van der Waals surface area contributed by atoms with Gasteiger partial charge in [-0.2, -0.15) is 13.2 Å². The Bertz CT molecular complexity index is 582. The van der Waals surface area contributed by atoms with Crippen molar-refractivity contribution in [3.05, 3.63) is 59.9 Å². The highest BCUT2D eigenvalue weighted by Crippen LogP contribution is 2.29. The molecular weight excluding hydrogens is 271 g/mol. The summed E-state index contributed by atoms with van der Waals surface area (Å²) in [5.74, 6) is -0.432. The highest BCUT2D eigenvalue weighted by molar-refractivity contribution is 5.94. The van der Waals surface area contributed by atoms with E-state index in [1.54, 1.807) is 12.1 Å². The first-order valence-electron chi connectivity index (χ1n) is 5.60. The molecule has 1 heterocycles. The van der Waals surface area contributed by atoms with Crippen molar-refractivity contribution in [1.82, 2.24) is 10.4 Å². The maximum absolute atomic E-state index is 12.4. The van der Waals surface area contributed by atoms with Crippen LogP contribution in [0, 0.1) is 0 Å². The standard InChI is InChI=1S/C13H10F3N3O/c14-13(15,16)10-3-5-11(6-4-10)18-19-12(20)9-2-1-7-17-8-9/h1-8,18H,(H,19,20). The lowest BCUT2D eigenvalue weighted by Gasteiger charge is -2.10. The molecule has 1 aromatic carbocycles. The van der Waals surface area contributed by atoms with Gasteiger partial charge < -0.3 is 0 Å². The van der Waals surface area contributed by atoms with Gasteiger partial charge in [0.25, 0.3) is 5.91 Å². The minimum absolute atomic E-state index is 0.340. The Kier molecular flexibility index (Phi) is 3.88. The maximum Gasteiger partial charge on any atom is 0.416 e. The van der Waals surface area contributed by atoms with Crippen LogP contribution in [-0.4, -0.2) is 10.9 Å². The number of hydrogen-bond acceptors (Lipinski definition) is 3. The molecule has 0 saturated heterocycles. The van der Waals surface area contributed by atoms with Crippen LogP contribution in [0.4, 0.5) is 18.9 Å². The molecule has 104 valence electrons.